The fraction of sp³-hybridized carbons (Fsp3) is 0.300. The van der Waals surface area contributed by atoms with Crippen molar-refractivity contribution in [2.45, 2.75) is 13.3 Å². The number of carbonyl (C=O) groups is 1. The van der Waals surface area contributed by atoms with Crippen molar-refractivity contribution in [3.63, 3.8) is 0 Å². The number of hydrogen-bond donors (Lipinski definition) is 2. The van der Waals surface area contributed by atoms with Crippen LogP contribution in [0.15, 0.2) is 18.2 Å². The quantitative estimate of drug-likeness (QED) is 0.337. The molecule has 0 aliphatic carbocycles. The largest absolute Gasteiger partial charge is 0.477 e. The minimum absolute atomic E-state index is 0.0517. The van der Waals surface area contributed by atoms with Crippen LogP contribution in [0.5, 0.6) is 5.75 Å². The Morgan fingerprint density at radius 1 is 1.59 bits per heavy atom. The summed E-state index contributed by atoms with van der Waals surface area (Å²) < 4.78 is 5.02. The molecule has 0 radical (unpaired) electrons. The Kier molecular flexibility index (Phi) is 4.41. The molecular weight excluding hydrogens is 226 g/mol. The Bertz CT molecular complexity index is 434. The van der Waals surface area contributed by atoms with E-state index in [0.717, 1.165) is 5.56 Å². The first-order valence-electron chi connectivity index (χ1n) is 4.98. The molecule has 1 aromatic carbocycles. The molecule has 1 aromatic rings. The lowest BCUT2D eigenvalue weighted by Gasteiger charge is -2.06. The number of carbonyl (C=O) groups excluding carboxylic acids is 1. The van der Waals surface area contributed by atoms with Crippen LogP contribution in [-0.2, 0) is 11.2 Å². The van der Waals surface area contributed by atoms with Crippen LogP contribution in [-0.4, -0.2) is 17.4 Å². The summed E-state index contributed by atoms with van der Waals surface area (Å²) in [5.74, 6) is 4.36. The maximum atomic E-state index is 10.9. The number of nitro groups is 1. The number of rotatable bonds is 5. The number of ether oxygens (including phenoxy) is 1. The van der Waals surface area contributed by atoms with Crippen LogP contribution in [0.4, 0.5) is 5.69 Å². The van der Waals surface area contributed by atoms with Crippen molar-refractivity contribution in [2.24, 2.45) is 5.84 Å². The molecule has 7 heteroatoms. The van der Waals surface area contributed by atoms with Gasteiger partial charge in [-0.3, -0.25) is 20.3 Å². The number of nitrogens with zero attached hydrogens (tertiary/aromatic N) is 1. The summed E-state index contributed by atoms with van der Waals surface area (Å²) in [7, 11) is 0. The highest BCUT2D eigenvalue weighted by Gasteiger charge is 2.16. The van der Waals surface area contributed by atoms with E-state index in [1.165, 1.54) is 12.1 Å². The van der Waals surface area contributed by atoms with Gasteiger partial charge in [-0.05, 0) is 18.1 Å². The second-order valence-corrected chi connectivity index (χ2v) is 3.27. The SMILES string of the molecule is CCc1ccc(OCC(=O)NN)c([N+](=O)[O-])c1. The highest BCUT2D eigenvalue weighted by Crippen LogP contribution is 2.28. The fourth-order valence-corrected chi connectivity index (χ4v) is 1.23. The molecule has 7 nitrogen and oxygen atoms in total. The molecule has 92 valence electrons. The molecule has 3 N–H and O–H groups in total. The van der Waals surface area contributed by atoms with E-state index in [0.29, 0.717) is 6.42 Å². The van der Waals surface area contributed by atoms with E-state index in [2.05, 4.69) is 0 Å². The number of nitro benzene ring substituents is 1. The molecule has 0 atom stereocenters. The molecule has 0 saturated carbocycles. The first-order valence-corrected chi connectivity index (χ1v) is 4.98. The van der Waals surface area contributed by atoms with Gasteiger partial charge in [0.25, 0.3) is 5.91 Å². The minimum atomic E-state index is -0.557. The van der Waals surface area contributed by atoms with Crippen molar-refractivity contribution in [1.82, 2.24) is 5.43 Å². The molecule has 17 heavy (non-hydrogen) atoms. The molecule has 0 unspecified atom stereocenters. The summed E-state index contributed by atoms with van der Waals surface area (Å²) in [6.07, 6.45) is 0.685. The highest BCUT2D eigenvalue weighted by atomic mass is 16.6. The Morgan fingerprint density at radius 3 is 2.82 bits per heavy atom. The lowest BCUT2D eigenvalue weighted by molar-refractivity contribution is -0.385. The van der Waals surface area contributed by atoms with E-state index in [9.17, 15) is 14.9 Å². The Hall–Kier alpha value is -2.15. The predicted octanol–water partition coefficient (Wildman–Crippen LogP) is 0.526. The van der Waals surface area contributed by atoms with Crippen LogP contribution in [0.25, 0.3) is 0 Å². The molecule has 0 spiro atoms. The summed E-state index contributed by atoms with van der Waals surface area (Å²) in [5, 5.41) is 10.8. The standard InChI is InChI=1S/C10H13N3O4/c1-2-7-3-4-9(8(5-7)13(15)16)17-6-10(14)12-11/h3-5H,2,6,11H2,1H3,(H,12,14). The van der Waals surface area contributed by atoms with Gasteiger partial charge in [0.15, 0.2) is 12.4 Å². The molecule has 0 aromatic heterocycles. The second-order valence-electron chi connectivity index (χ2n) is 3.27. The Balaban J connectivity index is 2.90. The first-order chi connectivity index (χ1) is 8.08. The third-order valence-corrected chi connectivity index (χ3v) is 2.15. The topological polar surface area (TPSA) is 107 Å². The number of hydrogen-bond acceptors (Lipinski definition) is 5. The van der Waals surface area contributed by atoms with E-state index in [1.807, 2.05) is 12.3 Å². The summed E-state index contributed by atoms with van der Waals surface area (Å²) >= 11 is 0. The Labute approximate surface area is 97.7 Å². The van der Waals surface area contributed by atoms with Crippen molar-refractivity contribution < 1.29 is 14.5 Å². The third kappa shape index (κ3) is 3.42. The molecular formula is C10H13N3O4. The van der Waals surface area contributed by atoms with Crippen molar-refractivity contribution >= 4 is 11.6 Å². The average Bonchev–Trinajstić information content (AvgIpc) is 2.35. The summed E-state index contributed by atoms with van der Waals surface area (Å²) in [6.45, 7) is 1.53. The second kappa shape index (κ2) is 5.80. The molecule has 1 amide bonds. The lowest BCUT2D eigenvalue weighted by Crippen LogP contribution is -2.34. The third-order valence-electron chi connectivity index (χ3n) is 2.15. The monoisotopic (exact) mass is 239 g/mol. The van der Waals surface area contributed by atoms with Crippen LogP contribution in [0.3, 0.4) is 0 Å². The van der Waals surface area contributed by atoms with E-state index in [-0.39, 0.29) is 18.0 Å². The lowest BCUT2D eigenvalue weighted by atomic mass is 10.1. The van der Waals surface area contributed by atoms with Crippen LogP contribution in [0, 0.1) is 10.1 Å². The van der Waals surface area contributed by atoms with Gasteiger partial charge in [0, 0.05) is 6.07 Å². The molecule has 0 bridgehead atoms. The molecule has 0 aliphatic rings. The predicted molar refractivity (Wildman–Crippen MR) is 60.3 cm³/mol. The van der Waals surface area contributed by atoms with Gasteiger partial charge in [-0.25, -0.2) is 5.84 Å². The van der Waals surface area contributed by atoms with Crippen LogP contribution in [0.2, 0.25) is 0 Å². The molecule has 0 saturated heterocycles. The van der Waals surface area contributed by atoms with Gasteiger partial charge in [0.1, 0.15) is 0 Å². The van der Waals surface area contributed by atoms with E-state index in [4.69, 9.17) is 10.6 Å². The zero-order valence-electron chi connectivity index (χ0n) is 9.30. The number of hydrazine groups is 1. The molecule has 0 fully saturated rings. The van der Waals surface area contributed by atoms with Crippen LogP contribution < -0.4 is 16.0 Å². The van der Waals surface area contributed by atoms with Crippen LogP contribution >= 0.6 is 0 Å². The van der Waals surface area contributed by atoms with Gasteiger partial charge in [0.2, 0.25) is 0 Å². The fourth-order valence-electron chi connectivity index (χ4n) is 1.23. The van der Waals surface area contributed by atoms with E-state index < -0.39 is 10.8 Å². The van der Waals surface area contributed by atoms with E-state index >= 15 is 0 Å². The normalized spacial score (nSPS) is 9.76. The number of aryl methyl sites for hydroxylation is 1. The number of benzene rings is 1. The van der Waals surface area contributed by atoms with Gasteiger partial charge >= 0.3 is 5.69 Å². The summed E-state index contributed by atoms with van der Waals surface area (Å²) in [5.41, 5.74) is 2.54. The highest BCUT2D eigenvalue weighted by molar-refractivity contribution is 5.76. The zero-order valence-corrected chi connectivity index (χ0v) is 9.30. The zero-order chi connectivity index (χ0) is 12.8. The van der Waals surface area contributed by atoms with E-state index in [1.54, 1.807) is 6.07 Å². The molecule has 0 aliphatic heterocycles. The maximum Gasteiger partial charge on any atom is 0.311 e. The van der Waals surface area contributed by atoms with Crippen molar-refractivity contribution in [3.8, 4) is 5.75 Å². The maximum absolute atomic E-state index is 10.9. The van der Waals surface area contributed by atoms with Gasteiger partial charge < -0.3 is 4.74 Å². The summed E-state index contributed by atoms with van der Waals surface area (Å²) in [4.78, 5) is 21.1. The van der Waals surface area contributed by atoms with Gasteiger partial charge in [-0.2, -0.15) is 0 Å². The van der Waals surface area contributed by atoms with Crippen molar-refractivity contribution in [2.75, 3.05) is 6.61 Å². The van der Waals surface area contributed by atoms with Gasteiger partial charge in [-0.15, -0.1) is 0 Å². The number of nitrogens with two attached hydrogens (primary N) is 1. The van der Waals surface area contributed by atoms with Crippen molar-refractivity contribution in [1.29, 1.82) is 0 Å². The smallest absolute Gasteiger partial charge is 0.311 e. The number of amides is 1. The molecule has 0 heterocycles. The number of nitrogens with one attached hydrogen (secondary N) is 1. The minimum Gasteiger partial charge on any atom is -0.477 e. The Morgan fingerprint density at radius 2 is 2.29 bits per heavy atom. The summed E-state index contributed by atoms with van der Waals surface area (Å²) in [6, 6.07) is 4.61. The van der Waals surface area contributed by atoms with Crippen molar-refractivity contribution in [3.05, 3.63) is 33.9 Å². The average molecular weight is 239 g/mol. The van der Waals surface area contributed by atoms with Crippen LogP contribution in [0.1, 0.15) is 12.5 Å². The van der Waals surface area contributed by atoms with Gasteiger partial charge in [-0.1, -0.05) is 13.0 Å². The molecule has 1 rings (SSSR count). The van der Waals surface area contributed by atoms with Gasteiger partial charge in [0.05, 0.1) is 4.92 Å². The first kappa shape index (κ1) is 12.9.